The Morgan fingerprint density at radius 1 is 1.50 bits per heavy atom. The van der Waals surface area contributed by atoms with E-state index >= 15 is 0 Å². The van der Waals surface area contributed by atoms with Gasteiger partial charge in [0.1, 0.15) is 0 Å². The Bertz CT molecular complexity index is 629. The average molecular weight is 300 g/mol. The second kappa shape index (κ2) is 5.70. The van der Waals surface area contributed by atoms with Crippen molar-refractivity contribution in [3.8, 4) is 5.75 Å². The predicted molar refractivity (Wildman–Crippen MR) is 76.9 cm³/mol. The molecule has 1 heterocycles. The average Bonchev–Trinajstić information content (AvgIpc) is 2.71. The highest BCUT2D eigenvalue weighted by Crippen LogP contribution is 2.29. The number of halogens is 1. The topological polar surface area (TPSA) is 81.4 Å². The van der Waals surface area contributed by atoms with Gasteiger partial charge in [-0.15, -0.1) is 0 Å². The van der Waals surface area contributed by atoms with Gasteiger partial charge in [-0.25, -0.2) is 12.8 Å². The van der Waals surface area contributed by atoms with Gasteiger partial charge in [0, 0.05) is 17.5 Å². The molecule has 1 aliphatic rings. The molecular weight excluding hydrogens is 283 g/mol. The Kier molecular flexibility index (Phi) is 4.17. The summed E-state index contributed by atoms with van der Waals surface area (Å²) in [6, 6.07) is 2.26. The van der Waals surface area contributed by atoms with Crippen LogP contribution in [0.3, 0.4) is 0 Å². The summed E-state index contributed by atoms with van der Waals surface area (Å²) in [5, 5.41) is 4.14. The maximum Gasteiger partial charge on any atom is 0.173 e. The number of benzene rings is 1. The molecule has 0 aromatic heterocycles. The summed E-state index contributed by atoms with van der Waals surface area (Å²) in [4.78, 5) is 0. The lowest BCUT2D eigenvalue weighted by atomic mass is 10.2. The van der Waals surface area contributed by atoms with Crippen LogP contribution < -0.4 is 15.8 Å². The molecule has 1 aromatic carbocycles. The molecule has 0 saturated heterocycles. The highest BCUT2D eigenvalue weighted by Gasteiger charge is 2.22. The molecule has 1 unspecified atom stereocenters. The van der Waals surface area contributed by atoms with Crippen LogP contribution in [0.1, 0.15) is 13.3 Å². The zero-order valence-electron chi connectivity index (χ0n) is 11.1. The molecule has 2 rings (SSSR count). The van der Waals surface area contributed by atoms with Crippen LogP contribution in [0.25, 0.3) is 0 Å². The van der Waals surface area contributed by atoms with E-state index in [0.717, 1.165) is 6.42 Å². The van der Waals surface area contributed by atoms with Crippen LogP contribution in [0.4, 0.5) is 15.8 Å². The summed E-state index contributed by atoms with van der Waals surface area (Å²) in [5.74, 6) is -0.459. The van der Waals surface area contributed by atoms with E-state index in [1.165, 1.54) is 17.5 Å². The van der Waals surface area contributed by atoms with E-state index in [1.54, 1.807) is 6.08 Å². The van der Waals surface area contributed by atoms with Crippen molar-refractivity contribution < 1.29 is 17.5 Å². The second-order valence-corrected chi connectivity index (χ2v) is 6.56. The van der Waals surface area contributed by atoms with Crippen LogP contribution in [0.5, 0.6) is 5.75 Å². The van der Waals surface area contributed by atoms with Crippen molar-refractivity contribution in [2.75, 3.05) is 23.4 Å². The smallest absolute Gasteiger partial charge is 0.173 e. The summed E-state index contributed by atoms with van der Waals surface area (Å²) < 4.78 is 41.6. The maximum atomic E-state index is 13.6. The Labute approximate surface area is 117 Å². The molecule has 0 radical (unpaired) electrons. The molecular formula is C13H17FN2O3S. The molecule has 20 heavy (non-hydrogen) atoms. The first kappa shape index (κ1) is 14.6. The van der Waals surface area contributed by atoms with Gasteiger partial charge in [0.25, 0.3) is 0 Å². The number of nitrogens with two attached hydrogens (primary N) is 1. The standard InChI is InChI=1S/C13H17FN2O3S/c1-2-4-19-13-7-12(11(15)6-10(13)14)16-9-3-5-20(17,18)8-9/h3,5-7,9,16H,2,4,8,15H2,1H3. The number of anilines is 2. The normalized spacial score (nSPS) is 20.0. The Morgan fingerprint density at radius 3 is 2.85 bits per heavy atom. The monoisotopic (exact) mass is 300 g/mol. The maximum absolute atomic E-state index is 13.6. The number of nitrogen functional groups attached to an aromatic ring is 1. The number of hydrogen-bond donors (Lipinski definition) is 2. The molecule has 1 aromatic rings. The van der Waals surface area contributed by atoms with Crippen LogP contribution in [0.2, 0.25) is 0 Å². The van der Waals surface area contributed by atoms with Gasteiger partial charge in [0.05, 0.1) is 29.8 Å². The summed E-state index contributed by atoms with van der Waals surface area (Å²) in [5.41, 5.74) is 6.41. The predicted octanol–water partition coefficient (Wildman–Crippen LogP) is 1.92. The largest absolute Gasteiger partial charge is 0.490 e. The molecule has 3 N–H and O–H groups in total. The van der Waals surface area contributed by atoms with Gasteiger partial charge in [-0.2, -0.15) is 0 Å². The molecule has 0 fully saturated rings. The van der Waals surface area contributed by atoms with E-state index in [4.69, 9.17) is 10.5 Å². The van der Waals surface area contributed by atoms with Crippen molar-refractivity contribution in [3.63, 3.8) is 0 Å². The highest BCUT2D eigenvalue weighted by molar-refractivity contribution is 7.94. The van der Waals surface area contributed by atoms with E-state index in [2.05, 4.69) is 5.32 Å². The third kappa shape index (κ3) is 3.41. The summed E-state index contributed by atoms with van der Waals surface area (Å²) in [6.45, 7) is 2.32. The molecule has 110 valence electrons. The first-order valence-electron chi connectivity index (χ1n) is 6.30. The van der Waals surface area contributed by atoms with Crippen molar-refractivity contribution in [2.45, 2.75) is 19.4 Å². The fourth-order valence-corrected chi connectivity index (χ4v) is 3.12. The van der Waals surface area contributed by atoms with Gasteiger partial charge >= 0.3 is 0 Å². The van der Waals surface area contributed by atoms with E-state index < -0.39 is 15.7 Å². The Morgan fingerprint density at radius 2 is 2.25 bits per heavy atom. The Balaban J connectivity index is 2.17. The quantitative estimate of drug-likeness (QED) is 0.812. The summed E-state index contributed by atoms with van der Waals surface area (Å²) >= 11 is 0. The number of ether oxygens (including phenoxy) is 1. The second-order valence-electron chi connectivity index (χ2n) is 4.63. The molecule has 0 spiro atoms. The first-order chi connectivity index (χ1) is 9.41. The van der Waals surface area contributed by atoms with E-state index in [0.29, 0.717) is 12.3 Å². The van der Waals surface area contributed by atoms with Gasteiger partial charge in [0.15, 0.2) is 21.4 Å². The number of rotatable bonds is 5. The van der Waals surface area contributed by atoms with E-state index in [1.807, 2.05) is 6.92 Å². The van der Waals surface area contributed by atoms with Crippen molar-refractivity contribution in [2.24, 2.45) is 0 Å². The lowest BCUT2D eigenvalue weighted by Gasteiger charge is -2.16. The van der Waals surface area contributed by atoms with E-state index in [-0.39, 0.29) is 23.2 Å². The van der Waals surface area contributed by atoms with Crippen LogP contribution >= 0.6 is 0 Å². The van der Waals surface area contributed by atoms with Crippen LogP contribution in [-0.2, 0) is 9.84 Å². The first-order valence-corrected chi connectivity index (χ1v) is 8.02. The minimum absolute atomic E-state index is 0.0328. The molecule has 7 heteroatoms. The van der Waals surface area contributed by atoms with Gasteiger partial charge < -0.3 is 15.8 Å². The highest BCUT2D eigenvalue weighted by atomic mass is 32.2. The van der Waals surface area contributed by atoms with Gasteiger partial charge in [-0.05, 0) is 6.42 Å². The molecule has 0 amide bonds. The summed E-state index contributed by atoms with van der Waals surface area (Å²) in [7, 11) is -3.15. The SMILES string of the molecule is CCCOc1cc(NC2C=CS(=O)(=O)C2)c(N)cc1F. The van der Waals surface area contributed by atoms with Crippen molar-refractivity contribution in [1.29, 1.82) is 0 Å². The van der Waals surface area contributed by atoms with Crippen molar-refractivity contribution >= 4 is 21.2 Å². The van der Waals surface area contributed by atoms with Crippen molar-refractivity contribution in [1.82, 2.24) is 0 Å². The number of sulfone groups is 1. The minimum atomic E-state index is -3.15. The number of nitrogens with one attached hydrogen (secondary N) is 1. The van der Waals surface area contributed by atoms with Gasteiger partial charge in [-0.3, -0.25) is 0 Å². The molecule has 1 aliphatic heterocycles. The zero-order valence-corrected chi connectivity index (χ0v) is 11.9. The lowest BCUT2D eigenvalue weighted by Crippen LogP contribution is -2.21. The van der Waals surface area contributed by atoms with Crippen LogP contribution in [-0.4, -0.2) is 26.8 Å². The van der Waals surface area contributed by atoms with Crippen LogP contribution in [0, 0.1) is 5.82 Å². The van der Waals surface area contributed by atoms with Gasteiger partial charge in [0.2, 0.25) is 0 Å². The third-order valence-electron chi connectivity index (χ3n) is 2.84. The fraction of sp³-hybridized carbons (Fsp3) is 0.385. The fourth-order valence-electron chi connectivity index (χ4n) is 1.88. The van der Waals surface area contributed by atoms with Crippen molar-refractivity contribution in [3.05, 3.63) is 29.4 Å². The summed E-state index contributed by atoms with van der Waals surface area (Å²) in [6.07, 6.45) is 2.31. The third-order valence-corrected chi connectivity index (χ3v) is 4.23. The molecule has 0 aliphatic carbocycles. The molecule has 0 bridgehead atoms. The minimum Gasteiger partial charge on any atom is -0.490 e. The number of hydrogen-bond acceptors (Lipinski definition) is 5. The van der Waals surface area contributed by atoms with E-state index in [9.17, 15) is 12.8 Å². The van der Waals surface area contributed by atoms with Crippen LogP contribution in [0.15, 0.2) is 23.6 Å². The zero-order chi connectivity index (χ0) is 14.8. The van der Waals surface area contributed by atoms with Gasteiger partial charge in [-0.1, -0.05) is 13.0 Å². The molecule has 5 nitrogen and oxygen atoms in total. The molecule has 1 atom stereocenters. The lowest BCUT2D eigenvalue weighted by molar-refractivity contribution is 0.301. The molecule has 0 saturated carbocycles. The Hall–Kier alpha value is -1.76.